The molecule has 2 saturated carbocycles. The highest BCUT2D eigenvalue weighted by Crippen LogP contribution is 2.81. The van der Waals surface area contributed by atoms with E-state index in [2.05, 4.69) is 6.92 Å². The van der Waals surface area contributed by atoms with Crippen molar-refractivity contribution in [3.8, 4) is 0 Å². The summed E-state index contributed by atoms with van der Waals surface area (Å²) in [5.74, 6) is -0.675. The lowest BCUT2D eigenvalue weighted by Crippen LogP contribution is -2.57. The van der Waals surface area contributed by atoms with Crippen LogP contribution >= 0.6 is 0 Å². The monoisotopic (exact) mass is 276 g/mol. The summed E-state index contributed by atoms with van der Waals surface area (Å²) in [6.07, 6.45) is 3.95. The Balaban J connectivity index is 1.71. The maximum absolute atomic E-state index is 12.2. The number of epoxide rings is 1. The Hall–Kier alpha value is -1.36. The lowest BCUT2D eigenvalue weighted by Gasteiger charge is -2.45. The molecule has 5 nitrogen and oxygen atoms in total. The summed E-state index contributed by atoms with van der Waals surface area (Å²) in [5.41, 5.74) is -0.510. The second-order valence-electron chi connectivity index (χ2n) is 7.40. The smallest absolute Gasteiger partial charge is 0.341 e. The summed E-state index contributed by atoms with van der Waals surface area (Å²) < 4.78 is 10.9. The summed E-state index contributed by atoms with van der Waals surface area (Å²) in [5, 5.41) is 9.47. The Kier molecular flexibility index (Phi) is 1.59. The molecule has 0 aromatic heterocycles. The average Bonchev–Trinajstić information content (AvgIpc) is 3.24. The van der Waals surface area contributed by atoms with Gasteiger partial charge in [-0.1, -0.05) is 13.0 Å². The van der Waals surface area contributed by atoms with Gasteiger partial charge in [-0.3, -0.25) is 0 Å². The molecular weight excluding hydrogens is 260 g/mol. The van der Waals surface area contributed by atoms with Gasteiger partial charge in [0.15, 0.2) is 5.60 Å². The van der Waals surface area contributed by atoms with Gasteiger partial charge in [0.2, 0.25) is 0 Å². The van der Waals surface area contributed by atoms with Crippen LogP contribution in [0.15, 0.2) is 11.6 Å². The fourth-order valence-corrected chi connectivity index (χ4v) is 5.64. The van der Waals surface area contributed by atoms with E-state index in [-0.39, 0.29) is 35.2 Å². The molecule has 4 fully saturated rings. The molecule has 5 rings (SSSR count). The zero-order valence-electron chi connectivity index (χ0n) is 11.2. The largest absolute Gasteiger partial charge is 0.478 e. The number of carbonyl (C=O) groups excluding carboxylic acids is 1. The molecule has 20 heavy (non-hydrogen) atoms. The number of hydrogen-bond acceptors (Lipinski definition) is 4. The summed E-state index contributed by atoms with van der Waals surface area (Å²) in [6.45, 7) is 2.84. The Labute approximate surface area is 115 Å². The van der Waals surface area contributed by atoms with Crippen LogP contribution < -0.4 is 0 Å². The van der Waals surface area contributed by atoms with Gasteiger partial charge < -0.3 is 14.6 Å². The number of carbonyl (C=O) groups is 2. The minimum Gasteiger partial charge on any atom is -0.478 e. The number of ether oxygens (including phenoxy) is 2. The maximum Gasteiger partial charge on any atom is 0.341 e. The first-order valence-electron chi connectivity index (χ1n) is 7.21. The summed E-state index contributed by atoms with van der Waals surface area (Å²) in [4.78, 5) is 23.8. The summed E-state index contributed by atoms with van der Waals surface area (Å²) in [7, 11) is 0. The lowest BCUT2D eigenvalue weighted by molar-refractivity contribution is -0.175. The van der Waals surface area contributed by atoms with Crippen LogP contribution in [0.3, 0.4) is 0 Å². The molecule has 0 aromatic carbocycles. The zero-order chi connectivity index (χ0) is 13.9. The van der Waals surface area contributed by atoms with Gasteiger partial charge in [0.05, 0.1) is 13.2 Å². The van der Waals surface area contributed by atoms with Crippen molar-refractivity contribution in [2.24, 2.45) is 28.6 Å². The fraction of sp³-hybridized carbons (Fsp3) is 0.733. The first-order valence-corrected chi connectivity index (χ1v) is 7.21. The van der Waals surface area contributed by atoms with Crippen LogP contribution in [-0.4, -0.2) is 35.9 Å². The van der Waals surface area contributed by atoms with Crippen molar-refractivity contribution in [3.05, 3.63) is 11.6 Å². The fourth-order valence-electron chi connectivity index (χ4n) is 5.64. The second-order valence-corrected chi connectivity index (χ2v) is 7.40. The molecule has 0 aromatic rings. The van der Waals surface area contributed by atoms with Gasteiger partial charge in [-0.15, -0.1) is 0 Å². The Morgan fingerprint density at radius 1 is 1.50 bits per heavy atom. The van der Waals surface area contributed by atoms with Gasteiger partial charge in [0.25, 0.3) is 0 Å². The zero-order valence-corrected chi connectivity index (χ0v) is 11.2. The molecule has 1 N–H and O–H groups in total. The molecule has 106 valence electrons. The van der Waals surface area contributed by atoms with Crippen molar-refractivity contribution in [1.29, 1.82) is 0 Å². The quantitative estimate of drug-likeness (QED) is 0.571. The first kappa shape index (κ1) is 11.3. The standard InChI is InChI=1S/C15H16O5/c1-13-3-9(13)8-2-7(11(16)17)10-4-19-12(18)15(6-20-15)14(8,10)5-13/h2,8-10H,3-6H2,1H3,(H,16,17)/t8?,9?,10?,13-,14-,15-/m1/s1. The van der Waals surface area contributed by atoms with E-state index in [4.69, 9.17) is 9.47 Å². The van der Waals surface area contributed by atoms with Crippen LogP contribution in [-0.2, 0) is 19.1 Å². The van der Waals surface area contributed by atoms with Crippen molar-refractivity contribution in [1.82, 2.24) is 0 Å². The predicted octanol–water partition coefficient (Wildman–Crippen LogP) is 0.985. The lowest BCUT2D eigenvalue weighted by atomic mass is 9.59. The van der Waals surface area contributed by atoms with Crippen LogP contribution in [0.5, 0.6) is 0 Å². The molecule has 2 saturated heterocycles. The molecule has 5 heteroatoms. The van der Waals surface area contributed by atoms with E-state index < -0.39 is 11.6 Å². The molecule has 2 aliphatic heterocycles. The van der Waals surface area contributed by atoms with Crippen molar-refractivity contribution in [3.63, 3.8) is 0 Å². The number of hydrogen-bond donors (Lipinski definition) is 1. The van der Waals surface area contributed by atoms with Crippen molar-refractivity contribution in [2.75, 3.05) is 13.2 Å². The first-order chi connectivity index (χ1) is 9.45. The maximum atomic E-state index is 12.2. The van der Waals surface area contributed by atoms with Crippen LogP contribution in [0, 0.1) is 28.6 Å². The number of carboxylic acid groups (broad SMARTS) is 1. The number of rotatable bonds is 1. The Bertz CT molecular complexity index is 603. The molecule has 0 bridgehead atoms. The molecule has 5 aliphatic rings. The van der Waals surface area contributed by atoms with E-state index >= 15 is 0 Å². The number of aliphatic carboxylic acids is 1. The highest BCUT2D eigenvalue weighted by molar-refractivity contribution is 5.92. The van der Waals surface area contributed by atoms with Gasteiger partial charge >= 0.3 is 11.9 Å². The van der Waals surface area contributed by atoms with Gasteiger partial charge in [-0.25, -0.2) is 9.59 Å². The van der Waals surface area contributed by atoms with Crippen molar-refractivity contribution >= 4 is 11.9 Å². The summed E-state index contributed by atoms with van der Waals surface area (Å²) >= 11 is 0. The number of fused-ring (bicyclic) bond motifs is 2. The van der Waals surface area contributed by atoms with Crippen molar-refractivity contribution < 1.29 is 24.2 Å². The van der Waals surface area contributed by atoms with E-state index in [1.807, 2.05) is 6.08 Å². The topological polar surface area (TPSA) is 76.1 Å². The average molecular weight is 276 g/mol. The van der Waals surface area contributed by atoms with Crippen molar-refractivity contribution in [2.45, 2.75) is 25.4 Å². The van der Waals surface area contributed by atoms with Gasteiger partial charge in [0.1, 0.15) is 0 Å². The number of carboxylic acids is 1. The molecule has 0 radical (unpaired) electrons. The van der Waals surface area contributed by atoms with E-state index in [0.717, 1.165) is 12.8 Å². The minimum absolute atomic E-state index is 0.166. The normalized spacial score (nSPS) is 57.5. The predicted molar refractivity (Wildman–Crippen MR) is 65.6 cm³/mol. The third kappa shape index (κ3) is 0.917. The molecule has 0 amide bonds. The van der Waals surface area contributed by atoms with E-state index in [1.165, 1.54) is 0 Å². The Morgan fingerprint density at radius 3 is 2.90 bits per heavy atom. The van der Waals surface area contributed by atoms with Crippen LogP contribution in [0.25, 0.3) is 0 Å². The minimum atomic E-state index is -0.875. The third-order valence-corrected chi connectivity index (χ3v) is 6.64. The SMILES string of the molecule is C[C@]12CC1C1C=C(C(=O)O)C3COC(=O)[C@]4(CO4)[C@@]31C2. The number of allylic oxidation sites excluding steroid dienone is 1. The van der Waals surface area contributed by atoms with E-state index in [1.54, 1.807) is 0 Å². The molecule has 3 aliphatic carbocycles. The Morgan fingerprint density at radius 2 is 2.25 bits per heavy atom. The second kappa shape index (κ2) is 2.82. The van der Waals surface area contributed by atoms with E-state index in [9.17, 15) is 14.7 Å². The third-order valence-electron chi connectivity index (χ3n) is 6.64. The van der Waals surface area contributed by atoms with Crippen LogP contribution in [0.2, 0.25) is 0 Å². The van der Waals surface area contributed by atoms with Crippen LogP contribution in [0.1, 0.15) is 19.8 Å². The summed E-state index contributed by atoms with van der Waals surface area (Å²) in [6, 6.07) is 0. The molecule has 2 heterocycles. The number of cyclic esters (lactones) is 1. The molecular formula is C15H16O5. The van der Waals surface area contributed by atoms with Crippen LogP contribution in [0.4, 0.5) is 0 Å². The highest BCUT2D eigenvalue weighted by Gasteiger charge is 2.84. The van der Waals surface area contributed by atoms with E-state index in [0.29, 0.717) is 18.1 Å². The highest BCUT2D eigenvalue weighted by atomic mass is 16.6. The molecule has 2 spiro atoms. The van der Waals surface area contributed by atoms with Gasteiger partial charge in [-0.05, 0) is 30.1 Å². The van der Waals surface area contributed by atoms with Gasteiger partial charge in [0, 0.05) is 16.9 Å². The molecule has 6 atom stereocenters. The van der Waals surface area contributed by atoms with Gasteiger partial charge in [-0.2, -0.15) is 0 Å². The molecule has 3 unspecified atom stereocenters. The number of esters is 1.